The first-order chi connectivity index (χ1) is 13.5. The van der Waals surface area contributed by atoms with E-state index >= 15 is 0 Å². The lowest BCUT2D eigenvalue weighted by Crippen LogP contribution is -2.46. The Balaban J connectivity index is 1.48. The fourth-order valence-electron chi connectivity index (χ4n) is 4.82. The number of nitrogens with one attached hydrogen (secondary N) is 2. The SMILES string of the molecule is COC1N=CC(C2=CC(C)C3C(=O)N(C4C=NNC4)CC3N2)CC1OC(C)C. The molecule has 7 unspecified atom stereocenters. The molecule has 0 spiro atoms. The molecule has 2 N–H and O–H groups in total. The maximum Gasteiger partial charge on any atom is 0.229 e. The number of nitrogens with zero attached hydrogens (tertiary/aromatic N) is 3. The molecule has 4 rings (SSSR count). The Bertz CT molecular complexity index is 691. The largest absolute Gasteiger partial charge is 0.383 e. The lowest BCUT2D eigenvalue weighted by atomic mass is 9.82. The number of hydrogen-bond acceptors (Lipinski definition) is 7. The van der Waals surface area contributed by atoms with Crippen LogP contribution in [0.1, 0.15) is 27.2 Å². The van der Waals surface area contributed by atoms with Crippen LogP contribution in [-0.4, -0.2) is 74.0 Å². The van der Waals surface area contributed by atoms with Gasteiger partial charge in [0.15, 0.2) is 6.23 Å². The van der Waals surface area contributed by atoms with Crippen molar-refractivity contribution in [1.82, 2.24) is 15.6 Å². The summed E-state index contributed by atoms with van der Waals surface area (Å²) in [6.07, 6.45) is 6.63. The number of methoxy groups -OCH3 is 1. The average Bonchev–Trinajstić information content (AvgIpc) is 3.29. The molecule has 154 valence electrons. The zero-order chi connectivity index (χ0) is 19.8. The molecule has 8 nitrogen and oxygen atoms in total. The summed E-state index contributed by atoms with van der Waals surface area (Å²) in [5.41, 5.74) is 4.10. The van der Waals surface area contributed by atoms with Crippen LogP contribution in [0.3, 0.4) is 0 Å². The summed E-state index contributed by atoms with van der Waals surface area (Å²) in [5.74, 6) is 0.534. The van der Waals surface area contributed by atoms with E-state index in [4.69, 9.17) is 9.47 Å². The van der Waals surface area contributed by atoms with Gasteiger partial charge in [0, 0.05) is 37.7 Å². The molecule has 28 heavy (non-hydrogen) atoms. The van der Waals surface area contributed by atoms with Crippen molar-refractivity contribution in [3.05, 3.63) is 11.8 Å². The molecule has 8 heteroatoms. The van der Waals surface area contributed by atoms with E-state index in [2.05, 4.69) is 33.8 Å². The number of amides is 1. The monoisotopic (exact) mass is 389 g/mol. The van der Waals surface area contributed by atoms with Gasteiger partial charge in [0.2, 0.25) is 5.91 Å². The predicted octanol–water partition coefficient (Wildman–Crippen LogP) is 0.751. The number of ether oxygens (including phenoxy) is 2. The van der Waals surface area contributed by atoms with Gasteiger partial charge in [-0.1, -0.05) is 13.0 Å². The van der Waals surface area contributed by atoms with E-state index in [1.165, 1.54) is 0 Å². The summed E-state index contributed by atoms with van der Waals surface area (Å²) in [5, 5.41) is 7.72. The van der Waals surface area contributed by atoms with Crippen molar-refractivity contribution in [3.63, 3.8) is 0 Å². The fourth-order valence-corrected chi connectivity index (χ4v) is 4.82. The minimum atomic E-state index is -0.259. The number of allylic oxidation sites excluding steroid dienone is 2. The minimum Gasteiger partial charge on any atom is -0.383 e. The topological polar surface area (TPSA) is 87.5 Å². The molecule has 4 aliphatic heterocycles. The van der Waals surface area contributed by atoms with Gasteiger partial charge in [-0.25, -0.2) is 0 Å². The van der Waals surface area contributed by atoms with Gasteiger partial charge in [0.05, 0.1) is 30.7 Å². The highest BCUT2D eigenvalue weighted by atomic mass is 16.5. The summed E-state index contributed by atoms with van der Waals surface area (Å²) < 4.78 is 11.5. The minimum absolute atomic E-state index is 0.0206. The standard InChI is InChI=1S/C20H31N5O3/c1-11(2)28-17-6-13(7-21-19(17)27-4)15-5-12(3)18-16(24-15)10-25(20(18)26)14-8-22-23-9-14/h5,7-8,11-14,16-19,23-24H,6,9-10H2,1-4H3. The van der Waals surface area contributed by atoms with Crippen LogP contribution in [0.15, 0.2) is 21.9 Å². The molecular formula is C20H31N5O3. The van der Waals surface area contributed by atoms with Crippen LogP contribution in [0.4, 0.5) is 0 Å². The molecule has 1 amide bonds. The maximum absolute atomic E-state index is 13.0. The molecule has 1 fully saturated rings. The van der Waals surface area contributed by atoms with Gasteiger partial charge in [0.25, 0.3) is 0 Å². The van der Waals surface area contributed by atoms with Gasteiger partial charge < -0.3 is 25.1 Å². The summed E-state index contributed by atoms with van der Waals surface area (Å²) >= 11 is 0. The highest BCUT2D eigenvalue weighted by Gasteiger charge is 2.48. The number of likely N-dealkylation sites (tertiary alicyclic amines) is 1. The van der Waals surface area contributed by atoms with E-state index in [0.29, 0.717) is 13.1 Å². The lowest BCUT2D eigenvalue weighted by Gasteiger charge is -2.37. The van der Waals surface area contributed by atoms with E-state index in [9.17, 15) is 4.79 Å². The Labute approximate surface area is 166 Å². The van der Waals surface area contributed by atoms with Crippen LogP contribution in [0.5, 0.6) is 0 Å². The van der Waals surface area contributed by atoms with E-state index < -0.39 is 0 Å². The number of carbonyl (C=O) groups excluding carboxylic acids is 1. The second kappa shape index (κ2) is 7.83. The third-order valence-corrected chi connectivity index (χ3v) is 6.10. The zero-order valence-electron chi connectivity index (χ0n) is 17.0. The molecule has 0 saturated carbocycles. The van der Waals surface area contributed by atoms with E-state index in [-0.39, 0.29) is 54.2 Å². The Morgan fingerprint density at radius 1 is 1.32 bits per heavy atom. The number of carbonyl (C=O) groups is 1. The first-order valence-corrected chi connectivity index (χ1v) is 10.2. The van der Waals surface area contributed by atoms with Crippen LogP contribution in [0.25, 0.3) is 0 Å². The van der Waals surface area contributed by atoms with Crippen molar-refractivity contribution in [2.24, 2.45) is 27.8 Å². The third-order valence-electron chi connectivity index (χ3n) is 6.10. The van der Waals surface area contributed by atoms with Crippen molar-refractivity contribution in [2.75, 3.05) is 20.2 Å². The summed E-state index contributed by atoms with van der Waals surface area (Å²) in [6, 6.07) is 0.174. The van der Waals surface area contributed by atoms with Gasteiger partial charge in [-0.15, -0.1) is 0 Å². The molecular weight excluding hydrogens is 358 g/mol. The van der Waals surface area contributed by atoms with Gasteiger partial charge in [-0.3, -0.25) is 9.79 Å². The summed E-state index contributed by atoms with van der Waals surface area (Å²) in [6.45, 7) is 7.61. The van der Waals surface area contributed by atoms with Crippen LogP contribution in [0, 0.1) is 17.8 Å². The molecule has 0 radical (unpaired) electrons. The van der Waals surface area contributed by atoms with Crippen molar-refractivity contribution in [2.45, 2.75) is 57.7 Å². The summed E-state index contributed by atoms with van der Waals surface area (Å²) in [7, 11) is 1.67. The molecule has 4 heterocycles. The number of hydrogen-bond donors (Lipinski definition) is 2. The first kappa shape index (κ1) is 19.4. The van der Waals surface area contributed by atoms with Gasteiger partial charge in [-0.05, 0) is 26.2 Å². The lowest BCUT2D eigenvalue weighted by molar-refractivity contribution is -0.132. The van der Waals surface area contributed by atoms with Crippen molar-refractivity contribution in [1.29, 1.82) is 0 Å². The zero-order valence-corrected chi connectivity index (χ0v) is 17.0. The number of hydrazone groups is 1. The second-order valence-corrected chi connectivity index (χ2v) is 8.45. The molecule has 1 saturated heterocycles. The van der Waals surface area contributed by atoms with Gasteiger partial charge in [-0.2, -0.15) is 5.10 Å². The number of rotatable bonds is 5. The molecule has 4 aliphatic rings. The fraction of sp³-hybridized carbons (Fsp3) is 0.750. The smallest absolute Gasteiger partial charge is 0.229 e. The molecule has 0 aromatic rings. The highest BCUT2D eigenvalue weighted by molar-refractivity contribution is 5.87. The van der Waals surface area contributed by atoms with Crippen LogP contribution < -0.4 is 10.7 Å². The van der Waals surface area contributed by atoms with Crippen molar-refractivity contribution >= 4 is 18.3 Å². The predicted molar refractivity (Wildman–Crippen MR) is 107 cm³/mol. The first-order valence-electron chi connectivity index (χ1n) is 10.2. The average molecular weight is 390 g/mol. The summed E-state index contributed by atoms with van der Waals surface area (Å²) in [4.78, 5) is 19.5. The van der Waals surface area contributed by atoms with Crippen LogP contribution in [-0.2, 0) is 14.3 Å². The molecule has 7 atom stereocenters. The Hall–Kier alpha value is -1.93. The van der Waals surface area contributed by atoms with Crippen LogP contribution in [0.2, 0.25) is 0 Å². The van der Waals surface area contributed by atoms with E-state index in [1.54, 1.807) is 7.11 Å². The van der Waals surface area contributed by atoms with Crippen molar-refractivity contribution < 1.29 is 14.3 Å². The quantitative estimate of drug-likeness (QED) is 0.725. The van der Waals surface area contributed by atoms with E-state index in [1.807, 2.05) is 31.2 Å². The molecule has 0 aliphatic carbocycles. The second-order valence-electron chi connectivity index (χ2n) is 8.45. The highest BCUT2D eigenvalue weighted by Crippen LogP contribution is 2.36. The van der Waals surface area contributed by atoms with Crippen LogP contribution >= 0.6 is 0 Å². The third kappa shape index (κ3) is 3.55. The Kier molecular flexibility index (Phi) is 5.42. The molecule has 0 bridgehead atoms. The Morgan fingerprint density at radius 3 is 2.82 bits per heavy atom. The Morgan fingerprint density at radius 2 is 2.14 bits per heavy atom. The number of fused-ring (bicyclic) bond motifs is 1. The number of aliphatic imine (C=N–C) groups is 1. The van der Waals surface area contributed by atoms with E-state index in [0.717, 1.165) is 12.1 Å². The maximum atomic E-state index is 13.0. The van der Waals surface area contributed by atoms with Gasteiger partial charge >= 0.3 is 0 Å². The molecule has 0 aromatic heterocycles. The van der Waals surface area contributed by atoms with Gasteiger partial charge in [0.1, 0.15) is 6.10 Å². The van der Waals surface area contributed by atoms with Crippen molar-refractivity contribution in [3.8, 4) is 0 Å². The molecule has 0 aromatic carbocycles. The normalized spacial score (nSPS) is 39.8.